The molecule has 0 saturated heterocycles. The second kappa shape index (κ2) is 13.6. The van der Waals surface area contributed by atoms with E-state index in [1.165, 1.54) is 23.8 Å². The van der Waals surface area contributed by atoms with E-state index in [1.807, 2.05) is 48.5 Å². The number of amides is 2. The van der Waals surface area contributed by atoms with Gasteiger partial charge in [0.25, 0.3) is 5.91 Å². The van der Waals surface area contributed by atoms with Crippen molar-refractivity contribution in [3.8, 4) is 23.0 Å². The molecule has 0 aliphatic heterocycles. The SMILES string of the molecule is COc1ccc(CN(C(=O)Cn2nnc3ccccc32)C(C(=O)Nc2ccc(OC)cc2)c2ccc(OC)c(OC)c2)cc1. The number of nitrogens with one attached hydrogen (secondary N) is 1. The summed E-state index contributed by atoms with van der Waals surface area (Å²) in [6, 6.07) is 25.8. The molecule has 1 heterocycles. The first-order valence-corrected chi connectivity index (χ1v) is 13.8. The van der Waals surface area contributed by atoms with Gasteiger partial charge in [-0.25, -0.2) is 4.68 Å². The molecule has 2 amide bonds. The van der Waals surface area contributed by atoms with Crippen molar-refractivity contribution in [2.75, 3.05) is 33.8 Å². The van der Waals surface area contributed by atoms with Crippen molar-refractivity contribution >= 4 is 28.5 Å². The van der Waals surface area contributed by atoms with Crippen LogP contribution in [0.15, 0.2) is 91.0 Å². The first-order chi connectivity index (χ1) is 21.4. The summed E-state index contributed by atoms with van der Waals surface area (Å²) in [6.07, 6.45) is 0. The molecular weight excluding hydrogens is 562 g/mol. The number of hydrogen-bond acceptors (Lipinski definition) is 8. The lowest BCUT2D eigenvalue weighted by Gasteiger charge is -2.32. The van der Waals surface area contributed by atoms with Gasteiger partial charge in [-0.05, 0) is 71.8 Å². The lowest BCUT2D eigenvalue weighted by molar-refractivity contribution is -0.140. The van der Waals surface area contributed by atoms with Gasteiger partial charge in [-0.15, -0.1) is 5.10 Å². The van der Waals surface area contributed by atoms with Crippen LogP contribution in [-0.4, -0.2) is 60.1 Å². The fraction of sp³-hybridized carbons (Fsp3) is 0.212. The molecule has 0 aliphatic rings. The lowest BCUT2D eigenvalue weighted by Crippen LogP contribution is -2.42. The Kier molecular flexibility index (Phi) is 9.24. The van der Waals surface area contributed by atoms with Crippen LogP contribution in [0.4, 0.5) is 5.69 Å². The minimum atomic E-state index is -1.07. The number of methoxy groups -OCH3 is 4. The molecule has 5 aromatic rings. The first-order valence-electron chi connectivity index (χ1n) is 13.8. The van der Waals surface area contributed by atoms with Gasteiger partial charge in [0.15, 0.2) is 11.5 Å². The van der Waals surface area contributed by atoms with Crippen LogP contribution in [-0.2, 0) is 22.7 Å². The standard InChI is InChI=1S/C33H33N5O6/c1-41-25-14-9-22(10-15-25)20-37(31(39)21-38-28-8-6-5-7-27(28)35-36-38)32(23-11-18-29(43-3)30(19-23)44-4)33(40)34-24-12-16-26(42-2)17-13-24/h5-19,32H,20-21H2,1-4H3,(H,34,40). The smallest absolute Gasteiger partial charge is 0.251 e. The molecule has 11 nitrogen and oxygen atoms in total. The predicted octanol–water partition coefficient (Wildman–Crippen LogP) is 4.87. The molecule has 0 fully saturated rings. The number of hydrogen-bond donors (Lipinski definition) is 1. The predicted molar refractivity (Wildman–Crippen MR) is 165 cm³/mol. The molecule has 4 aromatic carbocycles. The van der Waals surface area contributed by atoms with Crippen LogP contribution < -0.4 is 24.3 Å². The molecule has 1 aromatic heterocycles. The van der Waals surface area contributed by atoms with Crippen LogP contribution >= 0.6 is 0 Å². The summed E-state index contributed by atoms with van der Waals surface area (Å²) in [5, 5.41) is 11.4. The highest BCUT2D eigenvalue weighted by Crippen LogP contribution is 2.34. The highest BCUT2D eigenvalue weighted by Gasteiger charge is 2.33. The van der Waals surface area contributed by atoms with Gasteiger partial charge in [0.1, 0.15) is 29.6 Å². The minimum Gasteiger partial charge on any atom is -0.497 e. The first kappa shape index (κ1) is 29.9. The zero-order valence-corrected chi connectivity index (χ0v) is 24.9. The van der Waals surface area contributed by atoms with Crippen molar-refractivity contribution in [2.24, 2.45) is 0 Å². The van der Waals surface area contributed by atoms with Crippen molar-refractivity contribution in [3.05, 3.63) is 102 Å². The number of rotatable bonds is 12. The second-order valence-corrected chi connectivity index (χ2v) is 9.84. The van der Waals surface area contributed by atoms with Gasteiger partial charge in [0.2, 0.25) is 5.91 Å². The van der Waals surface area contributed by atoms with Crippen LogP contribution in [0.25, 0.3) is 11.0 Å². The lowest BCUT2D eigenvalue weighted by atomic mass is 10.0. The third-order valence-electron chi connectivity index (χ3n) is 7.18. The average Bonchev–Trinajstić information content (AvgIpc) is 3.47. The summed E-state index contributed by atoms with van der Waals surface area (Å²) in [4.78, 5) is 30.0. The van der Waals surface area contributed by atoms with Crippen LogP contribution in [0.1, 0.15) is 17.2 Å². The zero-order valence-electron chi connectivity index (χ0n) is 24.9. The Morgan fingerprint density at radius 3 is 2.11 bits per heavy atom. The molecule has 0 bridgehead atoms. The average molecular weight is 596 g/mol. The van der Waals surface area contributed by atoms with E-state index in [9.17, 15) is 9.59 Å². The Bertz CT molecular complexity index is 1740. The molecule has 1 unspecified atom stereocenters. The van der Waals surface area contributed by atoms with E-state index < -0.39 is 11.9 Å². The minimum absolute atomic E-state index is 0.116. The van der Waals surface area contributed by atoms with E-state index in [0.29, 0.717) is 45.3 Å². The fourth-order valence-electron chi connectivity index (χ4n) is 4.88. The third kappa shape index (κ3) is 6.57. The van der Waals surface area contributed by atoms with Gasteiger partial charge in [0.05, 0.1) is 34.0 Å². The zero-order chi connectivity index (χ0) is 31.1. The summed E-state index contributed by atoms with van der Waals surface area (Å²) in [6.45, 7) is -0.0270. The number of anilines is 1. The maximum atomic E-state index is 14.3. The fourth-order valence-corrected chi connectivity index (χ4v) is 4.88. The second-order valence-electron chi connectivity index (χ2n) is 9.84. The molecule has 5 rings (SSSR count). The van der Waals surface area contributed by atoms with E-state index in [4.69, 9.17) is 18.9 Å². The number of fused-ring (bicyclic) bond motifs is 1. The Hall–Kier alpha value is -5.58. The van der Waals surface area contributed by atoms with Crippen molar-refractivity contribution in [2.45, 2.75) is 19.1 Å². The van der Waals surface area contributed by atoms with Crippen LogP contribution in [0.2, 0.25) is 0 Å². The summed E-state index contributed by atoms with van der Waals surface area (Å²) in [5.41, 5.74) is 3.23. The summed E-state index contributed by atoms with van der Waals surface area (Å²) < 4.78 is 23.1. The van der Waals surface area contributed by atoms with Gasteiger partial charge in [-0.2, -0.15) is 0 Å². The number of aromatic nitrogens is 3. The number of nitrogens with zero attached hydrogens (tertiary/aromatic N) is 4. The van der Waals surface area contributed by atoms with E-state index in [1.54, 1.807) is 56.7 Å². The Morgan fingerprint density at radius 2 is 1.45 bits per heavy atom. The highest BCUT2D eigenvalue weighted by molar-refractivity contribution is 5.98. The molecule has 0 aliphatic carbocycles. The van der Waals surface area contributed by atoms with E-state index in [2.05, 4.69) is 15.6 Å². The number of carbonyl (C=O) groups is 2. The Morgan fingerprint density at radius 1 is 0.795 bits per heavy atom. The third-order valence-corrected chi connectivity index (χ3v) is 7.18. The topological polar surface area (TPSA) is 117 Å². The maximum absolute atomic E-state index is 14.3. The molecule has 1 atom stereocenters. The van der Waals surface area contributed by atoms with Gasteiger partial charge < -0.3 is 29.2 Å². The van der Waals surface area contributed by atoms with Crippen molar-refractivity contribution in [1.29, 1.82) is 0 Å². The van der Waals surface area contributed by atoms with E-state index in [-0.39, 0.29) is 19.0 Å². The number of ether oxygens (including phenoxy) is 4. The number of para-hydroxylation sites is 1. The molecule has 0 saturated carbocycles. The largest absolute Gasteiger partial charge is 0.497 e. The molecule has 1 N–H and O–H groups in total. The molecule has 0 spiro atoms. The molecule has 11 heteroatoms. The van der Waals surface area contributed by atoms with Gasteiger partial charge in [0, 0.05) is 12.2 Å². The summed E-state index contributed by atoms with van der Waals surface area (Å²) >= 11 is 0. The van der Waals surface area contributed by atoms with Gasteiger partial charge in [-0.1, -0.05) is 35.5 Å². The van der Waals surface area contributed by atoms with Gasteiger partial charge in [-0.3, -0.25) is 9.59 Å². The van der Waals surface area contributed by atoms with Crippen molar-refractivity contribution < 1.29 is 28.5 Å². The highest BCUT2D eigenvalue weighted by atomic mass is 16.5. The van der Waals surface area contributed by atoms with Crippen LogP contribution in [0.3, 0.4) is 0 Å². The normalized spacial score (nSPS) is 11.5. The van der Waals surface area contributed by atoms with Crippen molar-refractivity contribution in [3.63, 3.8) is 0 Å². The van der Waals surface area contributed by atoms with Crippen molar-refractivity contribution in [1.82, 2.24) is 19.9 Å². The molecule has 0 radical (unpaired) electrons. The number of carbonyl (C=O) groups excluding carboxylic acids is 2. The van der Waals surface area contributed by atoms with Crippen LogP contribution in [0.5, 0.6) is 23.0 Å². The molecular formula is C33H33N5O6. The van der Waals surface area contributed by atoms with Gasteiger partial charge >= 0.3 is 0 Å². The Labute approximate surface area is 254 Å². The molecule has 226 valence electrons. The van der Waals surface area contributed by atoms with E-state index >= 15 is 0 Å². The molecule has 44 heavy (non-hydrogen) atoms. The Balaban J connectivity index is 1.58. The maximum Gasteiger partial charge on any atom is 0.251 e. The monoisotopic (exact) mass is 595 g/mol. The van der Waals surface area contributed by atoms with Crippen LogP contribution in [0, 0.1) is 0 Å². The number of benzene rings is 4. The quantitative estimate of drug-likeness (QED) is 0.217. The summed E-state index contributed by atoms with van der Waals surface area (Å²) in [5.74, 6) is 1.47. The summed E-state index contributed by atoms with van der Waals surface area (Å²) in [7, 11) is 6.21. The van der Waals surface area contributed by atoms with E-state index in [0.717, 1.165) is 5.56 Å².